The first kappa shape index (κ1) is 16.2. The molecule has 0 radical (unpaired) electrons. The molecule has 8 rings (SSSR count). The fraction of sp³-hybridized carbons (Fsp3) is 0. The van der Waals surface area contributed by atoms with Crippen molar-refractivity contribution < 1.29 is 0 Å². The predicted molar refractivity (Wildman–Crippen MR) is 134 cm³/mol. The zero-order valence-electron chi connectivity index (χ0n) is 16.2. The van der Waals surface area contributed by atoms with Crippen LogP contribution in [0.15, 0.2) is 79.3 Å². The first-order chi connectivity index (χ1) is 15.4. The molecule has 0 amide bonds. The van der Waals surface area contributed by atoms with Crippen LogP contribution in [0.4, 0.5) is 0 Å². The highest BCUT2D eigenvalue weighted by molar-refractivity contribution is 7.29. The van der Waals surface area contributed by atoms with E-state index in [0.29, 0.717) is 0 Å². The largest absolute Gasteiger partial charge is 0.298 e. The number of pyridine rings is 2. The van der Waals surface area contributed by atoms with Crippen LogP contribution >= 0.6 is 22.7 Å². The Balaban J connectivity index is 1.63. The monoisotopic (exact) mass is 431 g/mol. The lowest BCUT2D eigenvalue weighted by atomic mass is 10.0. The molecule has 0 aliphatic rings. The molecule has 8 aromatic rings. The molecule has 0 fully saturated rings. The lowest BCUT2D eigenvalue weighted by Gasteiger charge is -2.08. The summed E-state index contributed by atoms with van der Waals surface area (Å²) in [5.41, 5.74) is 3.04. The van der Waals surface area contributed by atoms with E-state index in [1.54, 1.807) is 0 Å². The number of fused-ring (bicyclic) bond motifs is 13. The lowest BCUT2D eigenvalue weighted by Crippen LogP contribution is -1.91. The second-order valence-corrected chi connectivity index (χ2v) is 10.0. The third-order valence-corrected chi connectivity index (χ3v) is 8.63. The van der Waals surface area contributed by atoms with Crippen molar-refractivity contribution in [2.24, 2.45) is 0 Å². The molecular formula is C26H13N3S2. The van der Waals surface area contributed by atoms with Crippen molar-refractivity contribution in [2.45, 2.75) is 0 Å². The second-order valence-electron chi connectivity index (χ2n) is 7.90. The van der Waals surface area contributed by atoms with E-state index in [0.717, 1.165) is 16.6 Å². The van der Waals surface area contributed by atoms with Crippen LogP contribution in [0.5, 0.6) is 0 Å². The topological polar surface area (TPSA) is 30.2 Å². The Morgan fingerprint density at radius 3 is 2.58 bits per heavy atom. The molecule has 31 heavy (non-hydrogen) atoms. The molecule has 0 unspecified atom stereocenters. The summed E-state index contributed by atoms with van der Waals surface area (Å²) in [7, 11) is 0. The van der Waals surface area contributed by atoms with Crippen LogP contribution < -0.4 is 0 Å². The minimum atomic E-state index is 0.910. The van der Waals surface area contributed by atoms with Crippen LogP contribution in [0.2, 0.25) is 0 Å². The van der Waals surface area contributed by atoms with Gasteiger partial charge < -0.3 is 0 Å². The molecule has 0 aliphatic heterocycles. The average Bonchev–Trinajstić information content (AvgIpc) is 3.52. The van der Waals surface area contributed by atoms with Crippen LogP contribution in [0.3, 0.4) is 0 Å². The first-order valence-corrected chi connectivity index (χ1v) is 11.8. The summed E-state index contributed by atoms with van der Waals surface area (Å²) >= 11 is 3.78. The molecular weight excluding hydrogens is 418 g/mol. The molecule has 0 bridgehead atoms. The van der Waals surface area contributed by atoms with E-state index in [1.165, 1.54) is 51.2 Å². The molecule has 0 saturated heterocycles. The molecule has 144 valence electrons. The second kappa shape index (κ2) is 5.58. The van der Waals surface area contributed by atoms with E-state index in [9.17, 15) is 0 Å². The van der Waals surface area contributed by atoms with Crippen molar-refractivity contribution in [1.82, 2.24) is 14.4 Å². The standard InChI is InChI=1S/C26H13N3S2/c1-2-6-20-16(4-1)23-21(30-20)8-7-15-18-12-19-17(13-22(18)31-25(15)23)14-5-3-9-27-24(14)26-28-10-11-29(19)26/h1-13H. The maximum Gasteiger partial charge on any atom is 0.163 e. The Morgan fingerprint density at radius 2 is 1.58 bits per heavy atom. The first-order valence-electron chi connectivity index (χ1n) is 10.2. The van der Waals surface area contributed by atoms with Gasteiger partial charge in [0.1, 0.15) is 5.52 Å². The minimum Gasteiger partial charge on any atom is -0.298 e. The van der Waals surface area contributed by atoms with Crippen molar-refractivity contribution >= 4 is 90.5 Å². The van der Waals surface area contributed by atoms with Gasteiger partial charge in [0.05, 0.1) is 5.52 Å². The SMILES string of the molecule is c1ccc2c(c1)sc1ccc3c4cc5c(cc4sc3c12)c1cccnc1c1nccn51. The van der Waals surface area contributed by atoms with Crippen molar-refractivity contribution in [2.75, 3.05) is 0 Å². The van der Waals surface area contributed by atoms with Crippen LogP contribution in [-0.2, 0) is 0 Å². The highest BCUT2D eigenvalue weighted by Gasteiger charge is 2.16. The number of nitrogens with zero attached hydrogens (tertiary/aromatic N) is 3. The number of hydrogen-bond acceptors (Lipinski definition) is 4. The van der Waals surface area contributed by atoms with Gasteiger partial charge >= 0.3 is 0 Å². The lowest BCUT2D eigenvalue weighted by molar-refractivity contribution is 1.26. The van der Waals surface area contributed by atoms with Gasteiger partial charge in [-0.1, -0.05) is 30.3 Å². The Kier molecular flexibility index (Phi) is 2.91. The van der Waals surface area contributed by atoms with Gasteiger partial charge in [0.15, 0.2) is 5.65 Å². The summed E-state index contributed by atoms with van der Waals surface area (Å²) in [5, 5.41) is 7.76. The highest BCUT2D eigenvalue weighted by atomic mass is 32.1. The molecule has 0 aliphatic carbocycles. The van der Waals surface area contributed by atoms with Crippen molar-refractivity contribution in [3.63, 3.8) is 0 Å². The average molecular weight is 432 g/mol. The maximum absolute atomic E-state index is 4.64. The third kappa shape index (κ3) is 1.98. The number of hydrogen-bond donors (Lipinski definition) is 0. The van der Waals surface area contributed by atoms with E-state index >= 15 is 0 Å². The molecule has 0 spiro atoms. The van der Waals surface area contributed by atoms with Gasteiger partial charge in [-0.3, -0.25) is 9.38 Å². The van der Waals surface area contributed by atoms with Crippen molar-refractivity contribution in [3.05, 3.63) is 79.3 Å². The van der Waals surface area contributed by atoms with Gasteiger partial charge in [-0.2, -0.15) is 0 Å². The van der Waals surface area contributed by atoms with Crippen LogP contribution in [0, 0.1) is 0 Å². The quantitative estimate of drug-likeness (QED) is 0.230. The number of thiophene rings is 2. The Bertz CT molecular complexity index is 2010. The Morgan fingerprint density at radius 1 is 0.645 bits per heavy atom. The van der Waals surface area contributed by atoms with Gasteiger partial charge in [-0.15, -0.1) is 22.7 Å². The summed E-state index contributed by atoms with van der Waals surface area (Å²) in [4.78, 5) is 9.24. The fourth-order valence-corrected chi connectivity index (χ4v) is 7.43. The van der Waals surface area contributed by atoms with E-state index in [-0.39, 0.29) is 0 Å². The summed E-state index contributed by atoms with van der Waals surface area (Å²) in [6.45, 7) is 0. The van der Waals surface area contributed by atoms with E-state index in [4.69, 9.17) is 0 Å². The van der Waals surface area contributed by atoms with Crippen LogP contribution in [-0.4, -0.2) is 14.4 Å². The maximum atomic E-state index is 4.64. The molecule has 5 heterocycles. The molecule has 3 nitrogen and oxygen atoms in total. The van der Waals surface area contributed by atoms with E-state index < -0.39 is 0 Å². The summed E-state index contributed by atoms with van der Waals surface area (Å²) < 4.78 is 7.58. The minimum absolute atomic E-state index is 0.910. The number of aromatic nitrogens is 3. The van der Waals surface area contributed by atoms with Gasteiger partial charge in [0, 0.05) is 69.7 Å². The third-order valence-electron chi connectivity index (χ3n) is 6.31. The zero-order valence-corrected chi connectivity index (χ0v) is 17.8. The molecule has 0 saturated carbocycles. The van der Waals surface area contributed by atoms with E-state index in [2.05, 4.69) is 69.0 Å². The smallest absolute Gasteiger partial charge is 0.163 e. The molecule has 0 atom stereocenters. The van der Waals surface area contributed by atoms with Crippen molar-refractivity contribution in [1.29, 1.82) is 0 Å². The van der Waals surface area contributed by atoms with Crippen LogP contribution in [0.25, 0.3) is 67.8 Å². The van der Waals surface area contributed by atoms with Gasteiger partial charge in [-0.05, 0) is 30.3 Å². The highest BCUT2D eigenvalue weighted by Crippen LogP contribution is 2.45. The molecule has 0 N–H and O–H groups in total. The normalized spacial score (nSPS) is 12.5. The zero-order chi connectivity index (χ0) is 20.1. The number of rotatable bonds is 0. The van der Waals surface area contributed by atoms with Gasteiger partial charge in [-0.25, -0.2) is 4.98 Å². The fourth-order valence-electron chi connectivity index (χ4n) is 4.97. The predicted octanol–water partition coefficient (Wildman–Crippen LogP) is 7.77. The summed E-state index contributed by atoms with van der Waals surface area (Å²) in [6.07, 6.45) is 5.75. The summed E-state index contributed by atoms with van der Waals surface area (Å²) in [6, 6.07) is 22.2. The number of imidazole rings is 1. The Hall–Kier alpha value is -3.54. The van der Waals surface area contributed by atoms with Gasteiger partial charge in [0.2, 0.25) is 0 Å². The van der Waals surface area contributed by atoms with Crippen molar-refractivity contribution in [3.8, 4) is 0 Å². The van der Waals surface area contributed by atoms with Gasteiger partial charge in [0.25, 0.3) is 0 Å². The molecule has 5 heteroatoms. The van der Waals surface area contributed by atoms with Crippen LogP contribution in [0.1, 0.15) is 0 Å². The van der Waals surface area contributed by atoms with E-state index in [1.807, 2.05) is 47.3 Å². The number of benzene rings is 3. The molecule has 3 aromatic carbocycles. The summed E-state index contributed by atoms with van der Waals surface area (Å²) in [5.74, 6) is 0. The Labute approximate surface area is 183 Å². The molecule has 5 aromatic heterocycles.